The minimum absolute atomic E-state index is 0.246. The van der Waals surface area contributed by atoms with Crippen LogP contribution in [0, 0.1) is 0 Å². The van der Waals surface area contributed by atoms with Crippen LogP contribution < -0.4 is 5.32 Å². The fraction of sp³-hybridized carbons (Fsp3) is 0.263. The number of carboxylic acid groups (broad SMARTS) is 2. The van der Waals surface area contributed by atoms with E-state index >= 15 is 0 Å². The molecule has 3 N–H and O–H groups in total. The number of hydrogen-bond acceptors (Lipinski definition) is 7. The van der Waals surface area contributed by atoms with Crippen LogP contribution in [-0.4, -0.2) is 66.6 Å². The van der Waals surface area contributed by atoms with E-state index in [0.717, 1.165) is 18.5 Å². The van der Waals surface area contributed by atoms with Gasteiger partial charge in [0.25, 0.3) is 5.91 Å². The lowest BCUT2D eigenvalue weighted by molar-refractivity contribution is -0.193. The molecular weight excluding hydrogens is 508 g/mol. The molecule has 0 aliphatic carbocycles. The molecule has 0 unspecified atom stereocenters. The number of carboxylic acids is 2. The van der Waals surface area contributed by atoms with Gasteiger partial charge in [-0.3, -0.25) is 9.78 Å². The Morgan fingerprint density at radius 2 is 1.61 bits per heavy atom. The Bertz CT molecular complexity index is 1080. The molecule has 196 valence electrons. The van der Waals surface area contributed by atoms with E-state index < -0.39 is 24.3 Å². The fourth-order valence-electron chi connectivity index (χ4n) is 2.00. The van der Waals surface area contributed by atoms with Gasteiger partial charge in [0, 0.05) is 49.5 Å². The summed E-state index contributed by atoms with van der Waals surface area (Å²) in [6.07, 6.45) is -0.649. The minimum atomic E-state index is -5.08. The lowest BCUT2D eigenvalue weighted by atomic mass is 10.2. The van der Waals surface area contributed by atoms with Gasteiger partial charge in [-0.1, -0.05) is 5.16 Å². The van der Waals surface area contributed by atoms with Gasteiger partial charge in [0.05, 0.1) is 6.33 Å². The van der Waals surface area contributed by atoms with Crippen molar-refractivity contribution >= 4 is 17.8 Å². The van der Waals surface area contributed by atoms with Crippen LogP contribution >= 0.6 is 0 Å². The molecule has 0 saturated carbocycles. The summed E-state index contributed by atoms with van der Waals surface area (Å²) in [4.78, 5) is 37.7. The number of nitrogens with one attached hydrogen (secondary N) is 1. The number of halogens is 6. The number of rotatable bonds is 6. The number of carbonyl (C=O) groups excluding carboxylic acids is 1. The van der Waals surface area contributed by atoms with Crippen LogP contribution in [0.15, 0.2) is 53.8 Å². The molecule has 0 fully saturated rings. The molecule has 17 heteroatoms. The number of imidazole rings is 1. The van der Waals surface area contributed by atoms with Gasteiger partial charge in [-0.05, 0) is 18.6 Å². The first-order valence-electron chi connectivity index (χ1n) is 9.43. The molecule has 1 amide bonds. The van der Waals surface area contributed by atoms with E-state index in [-0.39, 0.29) is 11.6 Å². The molecule has 11 nitrogen and oxygen atoms in total. The standard InChI is InChI=1S/C15H15N5O2.2C2HF3O2/c21-15(18-5-2-7-20-8-6-17-11-20)13-9-14(22-19-13)12-3-1-4-16-10-12;2*3-2(4,5)1(6)7/h1,3-4,6,8-11H,2,5,7H2,(H,18,21);2*(H,6,7). The Morgan fingerprint density at radius 1 is 1.00 bits per heavy atom. The Balaban J connectivity index is 0.000000383. The van der Waals surface area contributed by atoms with Gasteiger partial charge in [0.1, 0.15) is 0 Å². The van der Waals surface area contributed by atoms with Crippen molar-refractivity contribution < 1.29 is 55.5 Å². The Hall–Kier alpha value is -4.44. The van der Waals surface area contributed by atoms with Crippen molar-refractivity contribution in [2.75, 3.05) is 6.54 Å². The lowest BCUT2D eigenvalue weighted by Crippen LogP contribution is -2.25. The van der Waals surface area contributed by atoms with Gasteiger partial charge in [-0.25, -0.2) is 14.6 Å². The van der Waals surface area contributed by atoms with E-state index in [9.17, 15) is 31.1 Å². The van der Waals surface area contributed by atoms with E-state index in [1.165, 1.54) is 0 Å². The molecule has 3 rings (SSSR count). The molecular formula is C19H17F6N5O6. The maximum atomic E-state index is 12.0. The number of alkyl halides is 6. The molecule has 3 heterocycles. The summed E-state index contributed by atoms with van der Waals surface area (Å²) >= 11 is 0. The minimum Gasteiger partial charge on any atom is -0.475 e. The molecule has 36 heavy (non-hydrogen) atoms. The Kier molecular flexibility index (Phi) is 11.1. The third kappa shape index (κ3) is 11.1. The van der Waals surface area contributed by atoms with Crippen molar-refractivity contribution in [3.05, 3.63) is 55.0 Å². The molecule has 0 aliphatic rings. The summed E-state index contributed by atoms with van der Waals surface area (Å²) in [5, 5.41) is 20.9. The van der Waals surface area contributed by atoms with Crippen molar-refractivity contribution in [3.63, 3.8) is 0 Å². The molecule has 0 radical (unpaired) electrons. The highest BCUT2D eigenvalue weighted by Crippen LogP contribution is 2.18. The maximum absolute atomic E-state index is 12.0. The summed E-state index contributed by atoms with van der Waals surface area (Å²) in [6, 6.07) is 5.26. The second-order valence-corrected chi connectivity index (χ2v) is 6.33. The molecule has 3 aromatic rings. The molecule has 0 aromatic carbocycles. The third-order valence-corrected chi connectivity index (χ3v) is 3.61. The smallest absolute Gasteiger partial charge is 0.475 e. The van der Waals surface area contributed by atoms with Crippen LogP contribution in [-0.2, 0) is 16.1 Å². The summed E-state index contributed by atoms with van der Waals surface area (Å²) in [7, 11) is 0. The van der Waals surface area contributed by atoms with Gasteiger partial charge in [-0.15, -0.1) is 0 Å². The maximum Gasteiger partial charge on any atom is 0.490 e. The van der Waals surface area contributed by atoms with Gasteiger partial charge in [0.2, 0.25) is 0 Å². The number of aryl methyl sites for hydroxylation is 1. The van der Waals surface area contributed by atoms with E-state index in [1.807, 2.05) is 16.8 Å². The number of hydrogen-bond donors (Lipinski definition) is 3. The number of carbonyl (C=O) groups is 3. The normalized spacial score (nSPS) is 10.8. The number of pyridine rings is 1. The van der Waals surface area contributed by atoms with Crippen LogP contribution in [0.3, 0.4) is 0 Å². The monoisotopic (exact) mass is 525 g/mol. The van der Waals surface area contributed by atoms with Crippen LogP contribution in [0.4, 0.5) is 26.3 Å². The first-order valence-corrected chi connectivity index (χ1v) is 9.43. The fourth-order valence-corrected chi connectivity index (χ4v) is 2.00. The van der Waals surface area contributed by atoms with Crippen LogP contribution in [0.2, 0.25) is 0 Å². The molecule has 0 spiro atoms. The van der Waals surface area contributed by atoms with Gasteiger partial charge >= 0.3 is 24.3 Å². The highest BCUT2D eigenvalue weighted by molar-refractivity contribution is 5.93. The Morgan fingerprint density at radius 3 is 2.08 bits per heavy atom. The van der Waals surface area contributed by atoms with Crippen LogP contribution in [0.1, 0.15) is 16.9 Å². The predicted molar refractivity (Wildman–Crippen MR) is 106 cm³/mol. The molecule has 0 atom stereocenters. The average Bonchev–Trinajstić information content (AvgIpc) is 3.49. The number of nitrogens with zero attached hydrogens (tertiary/aromatic N) is 4. The van der Waals surface area contributed by atoms with Gasteiger partial charge in [-0.2, -0.15) is 26.3 Å². The van der Waals surface area contributed by atoms with Gasteiger partial charge < -0.3 is 24.6 Å². The summed E-state index contributed by atoms with van der Waals surface area (Å²) in [6.45, 7) is 1.37. The lowest BCUT2D eigenvalue weighted by Gasteiger charge is -2.03. The quantitative estimate of drug-likeness (QED) is 0.325. The van der Waals surface area contributed by atoms with Crippen molar-refractivity contribution in [2.45, 2.75) is 25.3 Å². The zero-order chi connectivity index (χ0) is 27.4. The average molecular weight is 525 g/mol. The van der Waals surface area contributed by atoms with E-state index in [2.05, 4.69) is 20.4 Å². The summed E-state index contributed by atoms with van der Waals surface area (Å²) in [5.74, 6) is -5.24. The number of amides is 1. The van der Waals surface area contributed by atoms with Crippen molar-refractivity contribution in [1.29, 1.82) is 0 Å². The van der Waals surface area contributed by atoms with E-state index in [4.69, 9.17) is 24.3 Å². The molecule has 3 aromatic heterocycles. The molecule has 0 saturated heterocycles. The SMILES string of the molecule is O=C(NCCCn1ccnc1)c1cc(-c2cccnc2)on1.O=C(O)C(F)(F)F.O=C(O)C(F)(F)F. The second kappa shape index (κ2) is 13.4. The number of aliphatic carboxylic acids is 2. The number of aromatic nitrogens is 4. The highest BCUT2D eigenvalue weighted by Gasteiger charge is 2.38. The first-order chi connectivity index (χ1) is 16.7. The molecule has 0 bridgehead atoms. The summed E-state index contributed by atoms with van der Waals surface area (Å²) < 4.78 is 70.6. The zero-order valence-electron chi connectivity index (χ0n) is 17.8. The third-order valence-electron chi connectivity index (χ3n) is 3.61. The van der Waals surface area contributed by atoms with Crippen molar-refractivity contribution in [3.8, 4) is 11.3 Å². The Labute approximate surface area is 197 Å². The van der Waals surface area contributed by atoms with Crippen LogP contribution in [0.5, 0.6) is 0 Å². The largest absolute Gasteiger partial charge is 0.490 e. The second-order valence-electron chi connectivity index (χ2n) is 6.33. The summed E-state index contributed by atoms with van der Waals surface area (Å²) in [5.41, 5.74) is 1.05. The van der Waals surface area contributed by atoms with Crippen molar-refractivity contribution in [2.24, 2.45) is 0 Å². The highest BCUT2D eigenvalue weighted by atomic mass is 19.4. The van der Waals surface area contributed by atoms with Crippen molar-refractivity contribution in [1.82, 2.24) is 25.0 Å². The zero-order valence-corrected chi connectivity index (χ0v) is 17.8. The predicted octanol–water partition coefficient (Wildman–Crippen LogP) is 3.02. The molecule has 0 aliphatic heterocycles. The van der Waals surface area contributed by atoms with Gasteiger partial charge in [0.15, 0.2) is 11.5 Å². The van der Waals surface area contributed by atoms with E-state index in [1.54, 1.807) is 37.1 Å². The first kappa shape index (κ1) is 29.6. The van der Waals surface area contributed by atoms with E-state index in [0.29, 0.717) is 12.3 Å². The van der Waals surface area contributed by atoms with Crippen LogP contribution in [0.25, 0.3) is 11.3 Å². The topological polar surface area (TPSA) is 160 Å².